The molecule has 1 N–H and O–H groups in total. The molecule has 1 spiro atoms. The predicted octanol–water partition coefficient (Wildman–Crippen LogP) is 9.47. The van der Waals surface area contributed by atoms with Crippen molar-refractivity contribution in [1.82, 2.24) is 9.97 Å². The minimum absolute atomic E-state index is 0.451. The van der Waals surface area contributed by atoms with E-state index in [2.05, 4.69) is 114 Å². The molecule has 2 aliphatic rings. The van der Waals surface area contributed by atoms with Crippen LogP contribution in [0.2, 0.25) is 0 Å². The first-order chi connectivity index (χ1) is 20.3. The van der Waals surface area contributed by atoms with Crippen molar-refractivity contribution in [2.45, 2.75) is 5.41 Å². The Bertz CT molecular complexity index is 2360. The second-order valence-corrected chi connectivity index (χ2v) is 11.2. The Morgan fingerprint density at radius 1 is 0.561 bits per heavy atom. The summed E-state index contributed by atoms with van der Waals surface area (Å²) in [5.41, 5.74) is 14.7. The summed E-state index contributed by atoms with van der Waals surface area (Å²) in [4.78, 5) is 8.51. The fourth-order valence-corrected chi connectivity index (χ4v) is 7.64. The van der Waals surface area contributed by atoms with E-state index < -0.39 is 5.41 Å². The fourth-order valence-electron chi connectivity index (χ4n) is 7.64. The molecular weight excluding hydrogens is 500 g/mol. The lowest BCUT2D eigenvalue weighted by Gasteiger charge is -2.30. The van der Waals surface area contributed by atoms with Crippen LogP contribution in [0.15, 0.2) is 132 Å². The number of hydrogen-bond donors (Lipinski definition) is 1. The van der Waals surface area contributed by atoms with Crippen LogP contribution in [0.1, 0.15) is 22.3 Å². The molecule has 2 aromatic heterocycles. The second kappa shape index (κ2) is 7.41. The van der Waals surface area contributed by atoms with Gasteiger partial charge < -0.3 is 9.40 Å². The van der Waals surface area contributed by atoms with Crippen molar-refractivity contribution in [1.29, 1.82) is 0 Å². The van der Waals surface area contributed by atoms with Crippen LogP contribution in [0, 0.1) is 0 Å². The van der Waals surface area contributed by atoms with Gasteiger partial charge in [-0.15, -0.1) is 0 Å². The molecule has 41 heavy (non-hydrogen) atoms. The topological polar surface area (TPSA) is 41.8 Å². The Balaban J connectivity index is 1.34. The van der Waals surface area contributed by atoms with Crippen molar-refractivity contribution < 1.29 is 4.42 Å². The van der Waals surface area contributed by atoms with Crippen LogP contribution in [0.25, 0.3) is 66.6 Å². The summed E-state index contributed by atoms with van der Waals surface area (Å²) in [6.45, 7) is 0. The molecule has 3 heteroatoms. The summed E-state index contributed by atoms with van der Waals surface area (Å²) in [7, 11) is 0. The quantitative estimate of drug-likeness (QED) is 0.233. The van der Waals surface area contributed by atoms with Gasteiger partial charge in [0, 0.05) is 21.9 Å². The molecule has 0 amide bonds. The first kappa shape index (κ1) is 21.4. The van der Waals surface area contributed by atoms with Gasteiger partial charge in [0.05, 0.1) is 16.4 Å². The van der Waals surface area contributed by atoms with E-state index in [-0.39, 0.29) is 0 Å². The maximum absolute atomic E-state index is 6.64. The van der Waals surface area contributed by atoms with E-state index in [4.69, 9.17) is 9.40 Å². The number of para-hydroxylation sites is 3. The Morgan fingerprint density at radius 2 is 1.29 bits per heavy atom. The monoisotopic (exact) mass is 522 g/mol. The summed E-state index contributed by atoms with van der Waals surface area (Å²) >= 11 is 0. The summed E-state index contributed by atoms with van der Waals surface area (Å²) in [6, 6.07) is 45.8. The number of aromatic nitrogens is 2. The number of hydrogen-bond acceptors (Lipinski definition) is 2. The van der Waals surface area contributed by atoms with Gasteiger partial charge >= 0.3 is 0 Å². The van der Waals surface area contributed by atoms with Crippen molar-refractivity contribution in [2.75, 3.05) is 0 Å². The first-order valence-electron chi connectivity index (χ1n) is 14.1. The van der Waals surface area contributed by atoms with E-state index in [1.807, 2.05) is 18.2 Å². The van der Waals surface area contributed by atoms with E-state index >= 15 is 0 Å². The van der Waals surface area contributed by atoms with Crippen LogP contribution in [-0.2, 0) is 5.41 Å². The van der Waals surface area contributed by atoms with E-state index in [0.29, 0.717) is 0 Å². The predicted molar refractivity (Wildman–Crippen MR) is 165 cm³/mol. The van der Waals surface area contributed by atoms with Crippen molar-refractivity contribution in [3.05, 3.63) is 150 Å². The number of imidazole rings is 1. The van der Waals surface area contributed by atoms with Crippen molar-refractivity contribution in [3.8, 4) is 33.6 Å². The third-order valence-electron chi connectivity index (χ3n) is 9.26. The van der Waals surface area contributed by atoms with Gasteiger partial charge in [-0.1, -0.05) is 103 Å². The van der Waals surface area contributed by atoms with Crippen molar-refractivity contribution >= 4 is 33.0 Å². The number of H-pyrrole nitrogens is 1. The normalized spacial score (nSPS) is 16.4. The smallest absolute Gasteiger partial charge is 0.143 e. The molecule has 2 aliphatic carbocycles. The Kier molecular flexibility index (Phi) is 3.87. The Labute approximate surface area is 235 Å². The molecule has 190 valence electrons. The molecule has 1 unspecified atom stereocenters. The molecule has 10 rings (SSSR count). The average molecular weight is 523 g/mol. The van der Waals surface area contributed by atoms with Gasteiger partial charge in [-0.3, -0.25) is 0 Å². The summed E-state index contributed by atoms with van der Waals surface area (Å²) in [6.07, 6.45) is 0. The molecule has 3 nitrogen and oxygen atoms in total. The SMILES string of the molecule is c1ccc2c(c1)-c1ccc(-c3nc4ccccc4[nH]3)cc1C21c2ccccc2-c2c1ccc1c2oc2ccccc21. The molecule has 6 aromatic carbocycles. The number of rotatable bonds is 1. The van der Waals surface area contributed by atoms with Crippen molar-refractivity contribution in [3.63, 3.8) is 0 Å². The van der Waals surface area contributed by atoms with Gasteiger partial charge in [0.25, 0.3) is 0 Å². The largest absolute Gasteiger partial charge is 0.455 e. The number of benzene rings is 6. The minimum Gasteiger partial charge on any atom is -0.455 e. The summed E-state index contributed by atoms with van der Waals surface area (Å²) in [5.74, 6) is 0.888. The molecule has 0 bridgehead atoms. The van der Waals surface area contributed by atoms with Crippen LogP contribution in [0.4, 0.5) is 0 Å². The van der Waals surface area contributed by atoms with Gasteiger partial charge in [0.1, 0.15) is 17.0 Å². The van der Waals surface area contributed by atoms with E-state index in [1.54, 1.807) is 0 Å². The summed E-state index contributed by atoms with van der Waals surface area (Å²) in [5, 5.41) is 2.32. The van der Waals surface area contributed by atoms with Gasteiger partial charge in [0.2, 0.25) is 0 Å². The Hall–Kier alpha value is -5.41. The van der Waals surface area contributed by atoms with Crippen LogP contribution in [0.3, 0.4) is 0 Å². The zero-order chi connectivity index (χ0) is 26.7. The standard InChI is InChI=1S/C38H22N2O/c1-4-12-28-23(9-1)24-18-17-22(37-39-32-14-6-7-15-33(32)40-37)21-31(24)38(28)29-13-5-2-11-27(29)35-30(38)20-19-26-25-10-3-8-16-34(25)41-36(26)35/h1-21H,(H,39,40). The lowest BCUT2D eigenvalue weighted by molar-refractivity contribution is 0.669. The van der Waals surface area contributed by atoms with E-state index in [1.165, 1.54) is 44.5 Å². The third-order valence-corrected chi connectivity index (χ3v) is 9.26. The number of fused-ring (bicyclic) bond motifs is 15. The van der Waals surface area contributed by atoms with Crippen LogP contribution in [-0.4, -0.2) is 9.97 Å². The summed E-state index contributed by atoms with van der Waals surface area (Å²) < 4.78 is 6.64. The number of nitrogens with one attached hydrogen (secondary N) is 1. The number of nitrogens with zero attached hydrogens (tertiary/aromatic N) is 1. The molecule has 0 fully saturated rings. The number of aromatic amines is 1. The minimum atomic E-state index is -0.451. The van der Waals surface area contributed by atoms with Gasteiger partial charge in [-0.2, -0.15) is 0 Å². The van der Waals surface area contributed by atoms with Crippen LogP contribution in [0.5, 0.6) is 0 Å². The fraction of sp³-hybridized carbons (Fsp3) is 0.0263. The lowest BCUT2D eigenvalue weighted by Crippen LogP contribution is -2.25. The van der Waals surface area contributed by atoms with Crippen LogP contribution >= 0.6 is 0 Å². The molecule has 0 aliphatic heterocycles. The van der Waals surface area contributed by atoms with E-state index in [0.717, 1.165) is 44.4 Å². The highest BCUT2D eigenvalue weighted by molar-refractivity contribution is 6.13. The molecule has 0 saturated heterocycles. The maximum atomic E-state index is 6.64. The first-order valence-corrected chi connectivity index (χ1v) is 14.1. The Morgan fingerprint density at radius 3 is 2.20 bits per heavy atom. The highest BCUT2D eigenvalue weighted by atomic mass is 16.3. The van der Waals surface area contributed by atoms with Gasteiger partial charge in [-0.25, -0.2) is 4.98 Å². The lowest BCUT2D eigenvalue weighted by atomic mass is 9.70. The zero-order valence-corrected chi connectivity index (χ0v) is 22.0. The molecule has 8 aromatic rings. The third kappa shape index (κ3) is 2.53. The molecular formula is C38H22N2O. The van der Waals surface area contributed by atoms with Gasteiger partial charge in [-0.05, 0) is 63.2 Å². The highest BCUT2D eigenvalue weighted by Crippen LogP contribution is 2.64. The number of furan rings is 1. The second-order valence-electron chi connectivity index (χ2n) is 11.2. The maximum Gasteiger partial charge on any atom is 0.143 e. The van der Waals surface area contributed by atoms with E-state index in [9.17, 15) is 0 Å². The average Bonchev–Trinajstić information content (AvgIpc) is 3.77. The zero-order valence-electron chi connectivity index (χ0n) is 22.0. The molecule has 0 saturated carbocycles. The van der Waals surface area contributed by atoms with Crippen LogP contribution < -0.4 is 0 Å². The molecule has 2 heterocycles. The van der Waals surface area contributed by atoms with Crippen molar-refractivity contribution in [2.24, 2.45) is 0 Å². The highest BCUT2D eigenvalue weighted by Gasteiger charge is 2.52. The molecule has 1 atom stereocenters. The van der Waals surface area contributed by atoms with Gasteiger partial charge in [0.15, 0.2) is 0 Å². The molecule has 0 radical (unpaired) electrons.